The molecule has 0 saturated heterocycles. The Kier molecular flexibility index (Phi) is 3.79. The van der Waals surface area contributed by atoms with E-state index in [0.717, 1.165) is 16.9 Å². The van der Waals surface area contributed by atoms with Crippen LogP contribution in [-0.4, -0.2) is 11.0 Å². The van der Waals surface area contributed by atoms with E-state index in [4.69, 9.17) is 0 Å². The van der Waals surface area contributed by atoms with Gasteiger partial charge < -0.3 is 5.32 Å². The van der Waals surface area contributed by atoms with E-state index < -0.39 is 0 Å². The molecule has 1 aromatic rings. The van der Waals surface area contributed by atoms with Gasteiger partial charge in [0.2, 0.25) is 0 Å². The summed E-state index contributed by atoms with van der Waals surface area (Å²) in [6.07, 6.45) is 1.79. The number of nitrogens with one attached hydrogen (secondary N) is 1. The fourth-order valence-electron chi connectivity index (χ4n) is 0.913. The van der Waals surface area contributed by atoms with E-state index in [1.807, 2.05) is 6.92 Å². The molecule has 4 nitrogen and oxygen atoms in total. The minimum atomic E-state index is -0.370. The molecule has 0 aliphatic carbocycles. The highest BCUT2D eigenvalue weighted by molar-refractivity contribution is 7.13. The van der Waals surface area contributed by atoms with Crippen LogP contribution >= 0.6 is 11.3 Å². The number of hydrogen-bond acceptors (Lipinski definition) is 4. The third-order valence-corrected chi connectivity index (χ3v) is 2.73. The SMILES string of the molecule is C=CC(C)NCc1csc([N+](=O)[O-])c1. The van der Waals surface area contributed by atoms with E-state index in [1.165, 1.54) is 0 Å². The van der Waals surface area contributed by atoms with Gasteiger partial charge in [0.25, 0.3) is 0 Å². The Hall–Kier alpha value is -1.20. The van der Waals surface area contributed by atoms with Crippen LogP contribution in [0.5, 0.6) is 0 Å². The highest BCUT2D eigenvalue weighted by Crippen LogP contribution is 2.22. The van der Waals surface area contributed by atoms with Gasteiger partial charge in [-0.05, 0) is 12.5 Å². The normalized spacial score (nSPS) is 12.4. The first kappa shape index (κ1) is 10.9. The molecule has 1 atom stereocenters. The van der Waals surface area contributed by atoms with Crippen molar-refractivity contribution < 1.29 is 4.92 Å². The Bertz CT molecular complexity index is 335. The molecular formula is C9H12N2O2S. The van der Waals surface area contributed by atoms with Crippen LogP contribution in [-0.2, 0) is 6.54 Å². The number of nitro groups is 1. The third kappa shape index (κ3) is 2.93. The zero-order valence-corrected chi connectivity index (χ0v) is 8.71. The van der Waals surface area contributed by atoms with Gasteiger partial charge in [-0.15, -0.1) is 6.58 Å². The minimum Gasteiger partial charge on any atom is -0.307 e. The molecular weight excluding hydrogens is 200 g/mol. The highest BCUT2D eigenvalue weighted by atomic mass is 32.1. The van der Waals surface area contributed by atoms with Crippen LogP contribution < -0.4 is 5.32 Å². The van der Waals surface area contributed by atoms with Gasteiger partial charge in [-0.3, -0.25) is 10.1 Å². The summed E-state index contributed by atoms with van der Waals surface area (Å²) in [5.74, 6) is 0. The summed E-state index contributed by atoms with van der Waals surface area (Å²) in [5, 5.41) is 15.5. The Morgan fingerprint density at radius 1 is 1.86 bits per heavy atom. The van der Waals surface area contributed by atoms with Crippen molar-refractivity contribution in [1.29, 1.82) is 0 Å². The summed E-state index contributed by atoms with van der Waals surface area (Å²) in [5.41, 5.74) is 0.940. The van der Waals surface area contributed by atoms with E-state index in [1.54, 1.807) is 17.5 Å². The lowest BCUT2D eigenvalue weighted by Crippen LogP contribution is -2.22. The molecule has 0 fully saturated rings. The summed E-state index contributed by atoms with van der Waals surface area (Å²) < 4.78 is 0. The molecule has 76 valence electrons. The lowest BCUT2D eigenvalue weighted by molar-refractivity contribution is -0.380. The van der Waals surface area contributed by atoms with Gasteiger partial charge in [-0.1, -0.05) is 17.4 Å². The first-order valence-electron chi connectivity index (χ1n) is 4.21. The predicted octanol–water partition coefficient (Wildman–Crippen LogP) is 2.32. The van der Waals surface area contributed by atoms with Crippen LogP contribution in [0.2, 0.25) is 0 Å². The summed E-state index contributed by atoms with van der Waals surface area (Å²) in [6.45, 7) is 6.25. The van der Waals surface area contributed by atoms with Crippen molar-refractivity contribution in [2.24, 2.45) is 0 Å². The molecule has 1 rings (SSSR count). The van der Waals surface area contributed by atoms with Crippen molar-refractivity contribution in [3.63, 3.8) is 0 Å². The minimum absolute atomic E-state index is 0.188. The monoisotopic (exact) mass is 212 g/mol. The van der Waals surface area contributed by atoms with Crippen molar-refractivity contribution in [3.8, 4) is 0 Å². The first-order chi connectivity index (χ1) is 6.63. The second-order valence-electron chi connectivity index (χ2n) is 2.96. The van der Waals surface area contributed by atoms with Crippen molar-refractivity contribution in [1.82, 2.24) is 5.32 Å². The Morgan fingerprint density at radius 2 is 2.57 bits per heavy atom. The van der Waals surface area contributed by atoms with Crippen LogP contribution in [0.4, 0.5) is 5.00 Å². The van der Waals surface area contributed by atoms with Crippen molar-refractivity contribution in [2.45, 2.75) is 19.5 Å². The topological polar surface area (TPSA) is 55.2 Å². The molecule has 0 bridgehead atoms. The maximum Gasteiger partial charge on any atom is 0.324 e. The summed E-state index contributed by atoms with van der Waals surface area (Å²) >= 11 is 1.15. The molecule has 0 spiro atoms. The average Bonchev–Trinajstić information content (AvgIpc) is 2.62. The Balaban J connectivity index is 2.51. The van der Waals surface area contributed by atoms with E-state index in [-0.39, 0.29) is 16.0 Å². The smallest absolute Gasteiger partial charge is 0.307 e. The number of rotatable bonds is 5. The van der Waals surface area contributed by atoms with Gasteiger partial charge in [0.15, 0.2) is 0 Å². The van der Waals surface area contributed by atoms with E-state index >= 15 is 0 Å². The van der Waals surface area contributed by atoms with Crippen LogP contribution in [0.1, 0.15) is 12.5 Å². The maximum absolute atomic E-state index is 10.4. The number of hydrogen-bond donors (Lipinski definition) is 1. The van der Waals surface area contributed by atoms with E-state index in [0.29, 0.717) is 6.54 Å². The molecule has 1 aromatic heterocycles. The van der Waals surface area contributed by atoms with Gasteiger partial charge in [-0.25, -0.2) is 0 Å². The molecule has 1 unspecified atom stereocenters. The highest BCUT2D eigenvalue weighted by Gasteiger charge is 2.09. The fraction of sp³-hybridized carbons (Fsp3) is 0.333. The Labute approximate surface area is 86.4 Å². The van der Waals surface area contributed by atoms with E-state index in [9.17, 15) is 10.1 Å². The predicted molar refractivity (Wildman–Crippen MR) is 57.5 cm³/mol. The molecule has 1 heterocycles. The zero-order valence-electron chi connectivity index (χ0n) is 7.90. The fourth-order valence-corrected chi connectivity index (χ4v) is 1.64. The van der Waals surface area contributed by atoms with Gasteiger partial charge >= 0.3 is 5.00 Å². The van der Waals surface area contributed by atoms with Crippen molar-refractivity contribution in [3.05, 3.63) is 39.8 Å². The molecule has 0 radical (unpaired) electrons. The third-order valence-electron chi connectivity index (χ3n) is 1.80. The molecule has 0 aliphatic heterocycles. The van der Waals surface area contributed by atoms with Crippen molar-refractivity contribution >= 4 is 16.3 Å². The maximum atomic E-state index is 10.4. The number of thiophene rings is 1. The molecule has 5 heteroatoms. The zero-order chi connectivity index (χ0) is 10.6. The van der Waals surface area contributed by atoms with Gasteiger partial charge in [-0.2, -0.15) is 0 Å². The average molecular weight is 212 g/mol. The molecule has 0 amide bonds. The lowest BCUT2D eigenvalue weighted by atomic mass is 10.3. The summed E-state index contributed by atoms with van der Waals surface area (Å²) in [6, 6.07) is 1.81. The van der Waals surface area contributed by atoms with Crippen LogP contribution in [0.3, 0.4) is 0 Å². The van der Waals surface area contributed by atoms with Crippen LogP contribution in [0.25, 0.3) is 0 Å². The Morgan fingerprint density at radius 3 is 3.07 bits per heavy atom. The summed E-state index contributed by atoms with van der Waals surface area (Å²) in [7, 11) is 0. The van der Waals surface area contributed by atoms with Gasteiger partial charge in [0.1, 0.15) is 0 Å². The second-order valence-corrected chi connectivity index (χ2v) is 3.85. The molecule has 14 heavy (non-hydrogen) atoms. The van der Waals surface area contributed by atoms with Crippen LogP contribution in [0, 0.1) is 10.1 Å². The number of nitrogens with zero attached hydrogens (tertiary/aromatic N) is 1. The quantitative estimate of drug-likeness (QED) is 0.463. The van der Waals surface area contributed by atoms with Gasteiger partial charge in [0, 0.05) is 24.0 Å². The molecule has 0 saturated carbocycles. The van der Waals surface area contributed by atoms with Gasteiger partial charge in [0.05, 0.1) is 4.92 Å². The molecule has 1 N–H and O–H groups in total. The summed E-state index contributed by atoms with van der Waals surface area (Å²) in [4.78, 5) is 10.0. The van der Waals surface area contributed by atoms with E-state index in [2.05, 4.69) is 11.9 Å². The standard InChI is InChI=1S/C9H12N2O2S/c1-3-7(2)10-5-8-4-9(11(12)13)14-6-8/h3-4,6-7,10H,1,5H2,2H3. The molecule has 0 aliphatic rings. The van der Waals surface area contributed by atoms with Crippen molar-refractivity contribution in [2.75, 3.05) is 0 Å². The molecule has 0 aromatic carbocycles. The van der Waals surface area contributed by atoms with Crippen LogP contribution in [0.15, 0.2) is 24.1 Å². The lowest BCUT2D eigenvalue weighted by Gasteiger charge is -2.06. The first-order valence-corrected chi connectivity index (χ1v) is 5.09. The second kappa shape index (κ2) is 4.88. The largest absolute Gasteiger partial charge is 0.324 e.